The average molecular weight is 212 g/mol. The maximum absolute atomic E-state index is 2.60. The molecule has 0 spiro atoms. The van der Waals surface area contributed by atoms with Crippen LogP contribution in [0.5, 0.6) is 0 Å². The molecule has 90 valence electrons. The van der Waals surface area contributed by atoms with Gasteiger partial charge >= 0.3 is 0 Å². The van der Waals surface area contributed by atoms with E-state index in [4.69, 9.17) is 0 Å². The molecule has 1 rings (SSSR count). The summed E-state index contributed by atoms with van der Waals surface area (Å²) in [6, 6.07) is 0. The third kappa shape index (κ3) is 4.52. The highest BCUT2D eigenvalue weighted by Gasteiger charge is 2.34. The van der Waals surface area contributed by atoms with E-state index < -0.39 is 0 Å². The molecule has 1 aliphatic rings. The lowest BCUT2D eigenvalue weighted by molar-refractivity contribution is 0.0237. The first-order valence-corrected chi connectivity index (χ1v) is 6.26. The Morgan fingerprint density at radius 2 is 1.73 bits per heavy atom. The average Bonchev–Trinajstić information content (AvgIpc) is 1.96. The molecular weight excluding hydrogens is 184 g/mol. The molecule has 1 fully saturated rings. The Bertz CT molecular complexity index is 175. The van der Waals surface area contributed by atoms with E-state index in [0.29, 0.717) is 5.41 Å². The largest absolute Gasteiger partial charge is 0.309 e. The Hall–Kier alpha value is -0.0800. The molecule has 0 unspecified atom stereocenters. The Kier molecular flexibility index (Phi) is 4.60. The van der Waals surface area contributed by atoms with Gasteiger partial charge in [-0.2, -0.15) is 0 Å². The first-order valence-electron chi connectivity index (χ1n) is 6.26. The fourth-order valence-electron chi connectivity index (χ4n) is 2.06. The molecule has 1 heterocycles. The number of nitrogens with zero attached hydrogens (tertiary/aromatic N) is 2. The maximum Gasteiger partial charge on any atom is 0.00270 e. The van der Waals surface area contributed by atoms with Crippen molar-refractivity contribution in [1.82, 2.24) is 9.80 Å². The van der Waals surface area contributed by atoms with E-state index in [9.17, 15) is 0 Å². The fraction of sp³-hybridized carbons (Fsp3) is 1.00. The van der Waals surface area contributed by atoms with Crippen LogP contribution in [-0.2, 0) is 0 Å². The summed E-state index contributed by atoms with van der Waals surface area (Å²) >= 11 is 0. The summed E-state index contributed by atoms with van der Waals surface area (Å²) in [7, 11) is 4.30. The lowest BCUT2D eigenvalue weighted by Gasteiger charge is -2.46. The van der Waals surface area contributed by atoms with E-state index in [1.54, 1.807) is 0 Å². The van der Waals surface area contributed by atoms with Crippen molar-refractivity contribution in [2.75, 3.05) is 40.3 Å². The summed E-state index contributed by atoms with van der Waals surface area (Å²) in [5, 5.41) is 0. The third-order valence-electron chi connectivity index (χ3n) is 3.51. The number of likely N-dealkylation sites (tertiary alicyclic amines) is 1. The van der Waals surface area contributed by atoms with Crippen LogP contribution >= 0.6 is 0 Å². The van der Waals surface area contributed by atoms with Gasteiger partial charge in [0, 0.05) is 13.1 Å². The molecule has 0 aromatic carbocycles. The first-order chi connectivity index (χ1) is 6.89. The fourth-order valence-corrected chi connectivity index (χ4v) is 2.06. The van der Waals surface area contributed by atoms with Crippen LogP contribution < -0.4 is 0 Å². The Morgan fingerprint density at radius 3 is 2.20 bits per heavy atom. The van der Waals surface area contributed by atoms with Crippen molar-refractivity contribution in [3.05, 3.63) is 0 Å². The smallest absolute Gasteiger partial charge is 0.00270 e. The van der Waals surface area contributed by atoms with Gasteiger partial charge < -0.3 is 9.80 Å². The third-order valence-corrected chi connectivity index (χ3v) is 3.51. The lowest BCUT2D eigenvalue weighted by Crippen LogP contribution is -2.52. The zero-order chi connectivity index (χ0) is 11.5. The van der Waals surface area contributed by atoms with Crippen LogP contribution in [-0.4, -0.2) is 50.1 Å². The van der Waals surface area contributed by atoms with E-state index in [1.165, 1.54) is 39.0 Å². The molecule has 0 aromatic heterocycles. The van der Waals surface area contributed by atoms with Crippen molar-refractivity contribution >= 4 is 0 Å². The summed E-state index contributed by atoms with van der Waals surface area (Å²) in [6.07, 6.45) is 2.69. The molecule has 0 atom stereocenters. The molecule has 0 radical (unpaired) electrons. The Morgan fingerprint density at radius 1 is 1.13 bits per heavy atom. The molecule has 0 aromatic rings. The van der Waals surface area contributed by atoms with E-state index in [-0.39, 0.29) is 0 Å². The predicted molar refractivity (Wildman–Crippen MR) is 67.2 cm³/mol. The van der Waals surface area contributed by atoms with Crippen LogP contribution in [0, 0.1) is 11.3 Å². The highest BCUT2D eigenvalue weighted by molar-refractivity contribution is 4.87. The van der Waals surface area contributed by atoms with E-state index in [2.05, 4.69) is 44.7 Å². The predicted octanol–water partition coefficient (Wildman–Crippen LogP) is 2.31. The standard InChI is InChI=1S/C13H28N2/c1-13(2,3)12-10-15(11-12)9-7-6-8-14(4)5/h12H,6-11H2,1-5H3. The summed E-state index contributed by atoms with van der Waals surface area (Å²) in [5.74, 6) is 0.923. The minimum atomic E-state index is 0.514. The summed E-state index contributed by atoms with van der Waals surface area (Å²) in [4.78, 5) is 4.87. The summed E-state index contributed by atoms with van der Waals surface area (Å²) in [5.41, 5.74) is 0.514. The molecule has 2 heteroatoms. The van der Waals surface area contributed by atoms with Crippen molar-refractivity contribution in [2.45, 2.75) is 33.6 Å². The van der Waals surface area contributed by atoms with Crippen LogP contribution in [0.4, 0.5) is 0 Å². The van der Waals surface area contributed by atoms with Gasteiger partial charge in [0.05, 0.1) is 0 Å². The van der Waals surface area contributed by atoms with Gasteiger partial charge in [-0.15, -0.1) is 0 Å². The van der Waals surface area contributed by atoms with Crippen LogP contribution in [0.15, 0.2) is 0 Å². The second-order valence-corrected chi connectivity index (χ2v) is 6.33. The van der Waals surface area contributed by atoms with Crippen molar-refractivity contribution in [2.24, 2.45) is 11.3 Å². The highest BCUT2D eigenvalue weighted by atomic mass is 15.2. The molecule has 0 saturated carbocycles. The molecule has 0 N–H and O–H groups in total. The van der Waals surface area contributed by atoms with Crippen molar-refractivity contribution in [3.8, 4) is 0 Å². The van der Waals surface area contributed by atoms with Gasteiger partial charge in [-0.05, 0) is 51.4 Å². The van der Waals surface area contributed by atoms with Crippen molar-refractivity contribution < 1.29 is 0 Å². The highest BCUT2D eigenvalue weighted by Crippen LogP contribution is 2.33. The van der Waals surface area contributed by atoms with E-state index >= 15 is 0 Å². The number of hydrogen-bond donors (Lipinski definition) is 0. The zero-order valence-electron chi connectivity index (χ0n) is 11.2. The van der Waals surface area contributed by atoms with Crippen molar-refractivity contribution in [1.29, 1.82) is 0 Å². The van der Waals surface area contributed by atoms with E-state index in [1.807, 2.05) is 0 Å². The molecule has 1 aliphatic heterocycles. The second kappa shape index (κ2) is 5.31. The van der Waals surface area contributed by atoms with Gasteiger partial charge in [0.2, 0.25) is 0 Å². The molecule has 15 heavy (non-hydrogen) atoms. The minimum Gasteiger partial charge on any atom is -0.309 e. The van der Waals surface area contributed by atoms with Crippen LogP contribution in [0.3, 0.4) is 0 Å². The van der Waals surface area contributed by atoms with Gasteiger partial charge in [-0.1, -0.05) is 20.8 Å². The van der Waals surface area contributed by atoms with E-state index in [0.717, 1.165) is 5.92 Å². The minimum absolute atomic E-state index is 0.514. The summed E-state index contributed by atoms with van der Waals surface area (Å²) in [6.45, 7) is 12.3. The molecule has 0 bridgehead atoms. The topological polar surface area (TPSA) is 6.48 Å². The van der Waals surface area contributed by atoms with Gasteiger partial charge in [-0.25, -0.2) is 0 Å². The van der Waals surface area contributed by atoms with Gasteiger partial charge in [0.25, 0.3) is 0 Å². The molecule has 2 nitrogen and oxygen atoms in total. The molecular formula is C13H28N2. The molecule has 0 amide bonds. The normalized spacial score (nSPS) is 19.6. The van der Waals surface area contributed by atoms with Gasteiger partial charge in [0.1, 0.15) is 0 Å². The summed E-state index contributed by atoms with van der Waals surface area (Å²) < 4.78 is 0. The van der Waals surface area contributed by atoms with Gasteiger partial charge in [0.15, 0.2) is 0 Å². The van der Waals surface area contributed by atoms with Crippen molar-refractivity contribution in [3.63, 3.8) is 0 Å². The number of hydrogen-bond acceptors (Lipinski definition) is 2. The quantitative estimate of drug-likeness (QED) is 0.645. The number of rotatable bonds is 5. The Balaban J connectivity index is 1.99. The maximum atomic E-state index is 2.60. The zero-order valence-corrected chi connectivity index (χ0v) is 11.2. The molecule has 1 saturated heterocycles. The van der Waals surface area contributed by atoms with Crippen LogP contribution in [0.25, 0.3) is 0 Å². The molecule has 0 aliphatic carbocycles. The van der Waals surface area contributed by atoms with Crippen LogP contribution in [0.2, 0.25) is 0 Å². The van der Waals surface area contributed by atoms with Gasteiger partial charge in [-0.3, -0.25) is 0 Å². The Labute approximate surface area is 95.6 Å². The number of unbranched alkanes of at least 4 members (excludes halogenated alkanes) is 1. The second-order valence-electron chi connectivity index (χ2n) is 6.33. The van der Waals surface area contributed by atoms with Crippen LogP contribution in [0.1, 0.15) is 33.6 Å². The monoisotopic (exact) mass is 212 g/mol. The lowest BCUT2D eigenvalue weighted by atomic mass is 9.76. The first kappa shape index (κ1) is 13.0. The SMILES string of the molecule is CN(C)CCCCN1CC(C(C)(C)C)C1.